The second-order valence-corrected chi connectivity index (χ2v) is 5.88. The van der Waals surface area contributed by atoms with Gasteiger partial charge in [0.25, 0.3) is 11.7 Å². The van der Waals surface area contributed by atoms with Gasteiger partial charge in [0, 0.05) is 12.1 Å². The topological polar surface area (TPSA) is 66.8 Å². The van der Waals surface area contributed by atoms with E-state index < -0.39 is 17.7 Å². The molecule has 0 aromatic heterocycles. The molecule has 1 aliphatic heterocycles. The number of hydrogen-bond acceptors (Lipinski definition) is 4. The first-order chi connectivity index (χ1) is 12.6. The Morgan fingerprint density at radius 1 is 1.15 bits per heavy atom. The van der Waals surface area contributed by atoms with E-state index in [0.717, 1.165) is 0 Å². The first kappa shape index (κ1) is 17.5. The third kappa shape index (κ3) is 2.99. The van der Waals surface area contributed by atoms with Crippen molar-refractivity contribution < 1.29 is 19.4 Å². The van der Waals surface area contributed by atoms with Crippen molar-refractivity contribution in [3.63, 3.8) is 0 Å². The molecular weight excluding hydrogens is 330 g/mol. The summed E-state index contributed by atoms with van der Waals surface area (Å²) < 4.78 is 5.17. The quantitative estimate of drug-likeness (QED) is 0.389. The predicted molar refractivity (Wildman–Crippen MR) is 98.6 cm³/mol. The summed E-state index contributed by atoms with van der Waals surface area (Å²) in [5, 5.41) is 10.8. The molecule has 5 heteroatoms. The van der Waals surface area contributed by atoms with Crippen LogP contribution in [0.1, 0.15) is 17.2 Å². The molecule has 1 amide bonds. The van der Waals surface area contributed by atoms with Gasteiger partial charge >= 0.3 is 0 Å². The van der Waals surface area contributed by atoms with Gasteiger partial charge in [0.05, 0.1) is 18.7 Å². The summed E-state index contributed by atoms with van der Waals surface area (Å²) in [6.07, 6.45) is 1.56. The van der Waals surface area contributed by atoms with Gasteiger partial charge in [-0.05, 0) is 17.7 Å². The van der Waals surface area contributed by atoms with Crippen molar-refractivity contribution >= 4 is 17.4 Å². The van der Waals surface area contributed by atoms with Gasteiger partial charge in [0.2, 0.25) is 0 Å². The summed E-state index contributed by atoms with van der Waals surface area (Å²) in [4.78, 5) is 26.6. The van der Waals surface area contributed by atoms with Crippen LogP contribution in [0, 0.1) is 0 Å². The number of Topliss-reactive ketones (excluding diaryl/α,β-unsaturated/α-hetero) is 1. The van der Waals surface area contributed by atoms with Gasteiger partial charge in [-0.25, -0.2) is 0 Å². The molecule has 0 radical (unpaired) electrons. The Hall–Kier alpha value is -3.34. The maximum absolute atomic E-state index is 12.6. The number of likely N-dealkylation sites (tertiary alicyclic amines) is 1. The van der Waals surface area contributed by atoms with E-state index in [4.69, 9.17) is 4.74 Å². The summed E-state index contributed by atoms with van der Waals surface area (Å²) in [5.74, 6) is -0.869. The molecule has 1 N–H and O–H groups in total. The number of amides is 1. The normalized spacial score (nSPS) is 18.8. The Labute approximate surface area is 151 Å². The van der Waals surface area contributed by atoms with Crippen LogP contribution in [0.3, 0.4) is 0 Å². The second kappa shape index (κ2) is 7.27. The molecule has 0 bridgehead atoms. The first-order valence-corrected chi connectivity index (χ1v) is 8.17. The number of nitrogens with zero attached hydrogens (tertiary/aromatic N) is 1. The van der Waals surface area contributed by atoms with Crippen LogP contribution in [0.2, 0.25) is 0 Å². The number of carbonyl (C=O) groups is 2. The zero-order valence-electron chi connectivity index (χ0n) is 14.4. The van der Waals surface area contributed by atoms with Gasteiger partial charge in [-0.1, -0.05) is 48.5 Å². The summed E-state index contributed by atoms with van der Waals surface area (Å²) in [6, 6.07) is 15.1. The van der Waals surface area contributed by atoms with E-state index in [1.807, 2.05) is 6.07 Å². The molecule has 26 heavy (non-hydrogen) atoms. The van der Waals surface area contributed by atoms with Crippen molar-refractivity contribution in [1.29, 1.82) is 0 Å². The van der Waals surface area contributed by atoms with E-state index in [-0.39, 0.29) is 17.9 Å². The lowest BCUT2D eigenvalue weighted by Gasteiger charge is -2.24. The van der Waals surface area contributed by atoms with Crippen LogP contribution in [0.15, 0.2) is 72.8 Å². The average Bonchev–Trinajstić information content (AvgIpc) is 2.93. The fourth-order valence-corrected chi connectivity index (χ4v) is 3.09. The minimum atomic E-state index is -0.700. The third-order valence-corrected chi connectivity index (χ3v) is 4.34. The molecule has 0 unspecified atom stereocenters. The van der Waals surface area contributed by atoms with Gasteiger partial charge in [0.1, 0.15) is 11.5 Å². The lowest BCUT2D eigenvalue weighted by atomic mass is 9.95. The van der Waals surface area contributed by atoms with Crippen molar-refractivity contribution in [1.82, 2.24) is 4.90 Å². The Kier molecular flexibility index (Phi) is 4.89. The summed E-state index contributed by atoms with van der Waals surface area (Å²) in [5.41, 5.74) is 1.28. The van der Waals surface area contributed by atoms with Crippen LogP contribution in [0.25, 0.3) is 5.76 Å². The van der Waals surface area contributed by atoms with Crippen molar-refractivity contribution in [2.45, 2.75) is 6.04 Å². The van der Waals surface area contributed by atoms with E-state index in [2.05, 4.69) is 6.58 Å². The smallest absolute Gasteiger partial charge is 0.295 e. The van der Waals surface area contributed by atoms with Crippen LogP contribution >= 0.6 is 0 Å². The average molecular weight is 349 g/mol. The highest BCUT2D eigenvalue weighted by Crippen LogP contribution is 2.39. The lowest BCUT2D eigenvalue weighted by molar-refractivity contribution is -0.139. The van der Waals surface area contributed by atoms with Crippen LogP contribution in [0.4, 0.5) is 0 Å². The van der Waals surface area contributed by atoms with E-state index >= 15 is 0 Å². The number of rotatable bonds is 5. The van der Waals surface area contributed by atoms with Crippen molar-refractivity contribution in [3.05, 3.63) is 84.0 Å². The van der Waals surface area contributed by atoms with Crippen molar-refractivity contribution in [2.24, 2.45) is 0 Å². The SMILES string of the molecule is C=CCN1C(=O)C(=O)C(=C(O)c2ccccc2)[C@@H]1c1ccc(OC)cc1. The van der Waals surface area contributed by atoms with Crippen LogP contribution in [0.5, 0.6) is 5.75 Å². The Morgan fingerprint density at radius 3 is 2.38 bits per heavy atom. The van der Waals surface area contributed by atoms with E-state index in [1.54, 1.807) is 61.7 Å². The highest BCUT2D eigenvalue weighted by molar-refractivity contribution is 6.46. The number of hydrogen-bond donors (Lipinski definition) is 1. The molecule has 2 aromatic rings. The highest BCUT2D eigenvalue weighted by Gasteiger charge is 2.45. The van der Waals surface area contributed by atoms with Gasteiger partial charge in [0.15, 0.2) is 0 Å². The van der Waals surface area contributed by atoms with Gasteiger partial charge < -0.3 is 14.7 Å². The summed E-state index contributed by atoms with van der Waals surface area (Å²) >= 11 is 0. The molecule has 132 valence electrons. The molecule has 0 spiro atoms. The Balaban J connectivity index is 2.17. The number of benzene rings is 2. The third-order valence-electron chi connectivity index (χ3n) is 4.34. The largest absolute Gasteiger partial charge is 0.507 e. The van der Waals surface area contributed by atoms with E-state index in [9.17, 15) is 14.7 Å². The minimum Gasteiger partial charge on any atom is -0.507 e. The summed E-state index contributed by atoms with van der Waals surface area (Å²) in [7, 11) is 1.56. The van der Waals surface area contributed by atoms with Crippen molar-refractivity contribution in [3.8, 4) is 5.75 Å². The highest BCUT2D eigenvalue weighted by atomic mass is 16.5. The van der Waals surface area contributed by atoms with Crippen molar-refractivity contribution in [2.75, 3.05) is 13.7 Å². The molecule has 1 aliphatic rings. The molecule has 3 rings (SSSR count). The number of carbonyl (C=O) groups excluding carboxylic acids is 2. The molecule has 1 fully saturated rings. The number of aliphatic hydroxyl groups excluding tert-OH is 1. The molecule has 1 atom stereocenters. The predicted octanol–water partition coefficient (Wildman–Crippen LogP) is 3.30. The van der Waals surface area contributed by atoms with Crippen LogP contribution in [-0.4, -0.2) is 35.4 Å². The van der Waals surface area contributed by atoms with E-state index in [0.29, 0.717) is 16.9 Å². The Morgan fingerprint density at radius 2 is 1.81 bits per heavy atom. The molecular formula is C21H19NO4. The lowest BCUT2D eigenvalue weighted by Crippen LogP contribution is -2.29. The molecule has 0 aliphatic carbocycles. The van der Waals surface area contributed by atoms with Gasteiger partial charge in [-0.3, -0.25) is 9.59 Å². The second-order valence-electron chi connectivity index (χ2n) is 5.88. The molecule has 2 aromatic carbocycles. The fraction of sp³-hybridized carbons (Fsp3) is 0.143. The number of ketones is 1. The van der Waals surface area contributed by atoms with Crippen LogP contribution in [-0.2, 0) is 9.59 Å². The minimum absolute atomic E-state index is 0.0771. The number of aliphatic hydroxyl groups is 1. The standard InChI is InChI=1S/C21H19NO4/c1-3-13-22-18(14-9-11-16(26-2)12-10-14)17(20(24)21(22)25)19(23)15-7-5-4-6-8-15/h3-12,18,23H,1,13H2,2H3/t18-/m0/s1. The van der Waals surface area contributed by atoms with Gasteiger partial charge in [-0.2, -0.15) is 0 Å². The summed E-state index contributed by atoms with van der Waals surface area (Å²) in [6.45, 7) is 3.86. The first-order valence-electron chi connectivity index (χ1n) is 8.17. The molecule has 1 heterocycles. The molecule has 5 nitrogen and oxygen atoms in total. The van der Waals surface area contributed by atoms with Gasteiger partial charge in [-0.15, -0.1) is 6.58 Å². The maximum atomic E-state index is 12.6. The molecule has 0 saturated carbocycles. The fourth-order valence-electron chi connectivity index (χ4n) is 3.09. The van der Waals surface area contributed by atoms with E-state index in [1.165, 1.54) is 4.90 Å². The molecule has 1 saturated heterocycles. The monoisotopic (exact) mass is 349 g/mol. The number of methoxy groups -OCH3 is 1. The maximum Gasteiger partial charge on any atom is 0.295 e. The number of ether oxygens (including phenoxy) is 1. The zero-order chi connectivity index (χ0) is 18.7. The zero-order valence-corrected chi connectivity index (χ0v) is 14.4. The van der Waals surface area contributed by atoms with Crippen LogP contribution < -0.4 is 4.74 Å². The Bertz CT molecular complexity index is 869.